The third kappa shape index (κ3) is 2.50. The van der Waals surface area contributed by atoms with Crippen molar-refractivity contribution < 1.29 is 4.79 Å². The molecule has 1 aliphatic heterocycles. The van der Waals surface area contributed by atoms with Gasteiger partial charge in [-0.05, 0) is 31.9 Å². The normalized spacial score (nSPS) is 20.4. The molecule has 20 heavy (non-hydrogen) atoms. The van der Waals surface area contributed by atoms with Crippen LogP contribution >= 0.6 is 0 Å². The highest BCUT2D eigenvalue weighted by Gasteiger charge is 2.24. The molecule has 3 rings (SSSR count). The summed E-state index contributed by atoms with van der Waals surface area (Å²) in [7, 11) is 0. The maximum Gasteiger partial charge on any atom is 0.178 e. The first kappa shape index (κ1) is 13.4. The molecule has 1 N–H and O–H groups in total. The topological polar surface area (TPSA) is 36.1 Å². The summed E-state index contributed by atoms with van der Waals surface area (Å²) < 4.78 is 0. The molecule has 0 radical (unpaired) electrons. The lowest BCUT2D eigenvalue weighted by Gasteiger charge is -2.34. The van der Waals surface area contributed by atoms with Gasteiger partial charge in [0.2, 0.25) is 0 Å². The standard InChI is InChI=1S/C17H22N2O/c1-2-13-7-5-6-10-19(13)12-17(20)15-11-18-16-9-4-3-8-14(15)16/h3-4,8-9,11,13,18H,2,5-7,10,12H2,1H3/t13-/m1/s1. The molecule has 1 aromatic carbocycles. The number of Topliss-reactive ketones (excluding diaryl/α,β-unsaturated/α-hetero) is 1. The molecule has 3 heteroatoms. The minimum atomic E-state index is 0.239. The molecule has 0 saturated carbocycles. The lowest BCUT2D eigenvalue weighted by Crippen LogP contribution is -2.42. The predicted molar refractivity (Wildman–Crippen MR) is 82.1 cm³/mol. The number of fused-ring (bicyclic) bond motifs is 1. The first-order chi connectivity index (χ1) is 9.79. The van der Waals surface area contributed by atoms with Crippen LogP contribution in [0.3, 0.4) is 0 Å². The number of nitrogens with one attached hydrogen (secondary N) is 1. The molecule has 2 aromatic rings. The minimum absolute atomic E-state index is 0.239. The van der Waals surface area contributed by atoms with Crippen molar-refractivity contribution in [1.29, 1.82) is 0 Å². The summed E-state index contributed by atoms with van der Waals surface area (Å²) in [6.45, 7) is 3.84. The van der Waals surface area contributed by atoms with E-state index >= 15 is 0 Å². The predicted octanol–water partition coefficient (Wildman–Crippen LogP) is 3.62. The molecule has 0 spiro atoms. The summed E-state index contributed by atoms with van der Waals surface area (Å²) >= 11 is 0. The van der Waals surface area contributed by atoms with Crippen LogP contribution in [0.2, 0.25) is 0 Å². The van der Waals surface area contributed by atoms with Gasteiger partial charge in [-0.25, -0.2) is 0 Å². The van der Waals surface area contributed by atoms with E-state index < -0.39 is 0 Å². The first-order valence-corrected chi connectivity index (χ1v) is 7.63. The van der Waals surface area contributed by atoms with Crippen molar-refractivity contribution in [1.82, 2.24) is 9.88 Å². The number of hydrogen-bond donors (Lipinski definition) is 1. The number of hydrogen-bond acceptors (Lipinski definition) is 2. The zero-order valence-electron chi connectivity index (χ0n) is 12.1. The van der Waals surface area contributed by atoms with Gasteiger partial charge in [-0.3, -0.25) is 9.69 Å². The minimum Gasteiger partial charge on any atom is -0.360 e. The van der Waals surface area contributed by atoms with Gasteiger partial charge in [0.15, 0.2) is 5.78 Å². The van der Waals surface area contributed by atoms with Gasteiger partial charge in [-0.15, -0.1) is 0 Å². The third-order valence-corrected chi connectivity index (χ3v) is 4.46. The van der Waals surface area contributed by atoms with E-state index in [-0.39, 0.29) is 5.78 Å². The highest BCUT2D eigenvalue weighted by Crippen LogP contribution is 2.22. The summed E-state index contributed by atoms with van der Waals surface area (Å²) in [5.74, 6) is 0.239. The number of carbonyl (C=O) groups is 1. The number of para-hydroxylation sites is 1. The molecule has 0 amide bonds. The molecule has 1 fully saturated rings. The quantitative estimate of drug-likeness (QED) is 0.861. The number of rotatable bonds is 4. The van der Waals surface area contributed by atoms with E-state index in [4.69, 9.17) is 0 Å². The van der Waals surface area contributed by atoms with Crippen LogP contribution in [0, 0.1) is 0 Å². The molecule has 1 saturated heterocycles. The monoisotopic (exact) mass is 270 g/mol. The maximum atomic E-state index is 12.6. The number of nitrogens with zero attached hydrogens (tertiary/aromatic N) is 1. The Morgan fingerprint density at radius 3 is 3.05 bits per heavy atom. The van der Waals surface area contributed by atoms with Gasteiger partial charge in [0.1, 0.15) is 0 Å². The number of H-pyrrole nitrogens is 1. The molecule has 1 aromatic heterocycles. The molecule has 106 valence electrons. The van der Waals surface area contributed by atoms with E-state index in [0.29, 0.717) is 12.6 Å². The zero-order valence-corrected chi connectivity index (χ0v) is 12.1. The van der Waals surface area contributed by atoms with Crippen LogP contribution < -0.4 is 0 Å². The fraction of sp³-hybridized carbons (Fsp3) is 0.471. The Morgan fingerprint density at radius 2 is 2.20 bits per heavy atom. The largest absolute Gasteiger partial charge is 0.360 e. The van der Waals surface area contributed by atoms with Gasteiger partial charge < -0.3 is 4.98 Å². The summed E-state index contributed by atoms with van der Waals surface area (Å²) in [6.07, 6.45) is 6.75. The Bertz CT molecular complexity index is 602. The van der Waals surface area contributed by atoms with Crippen molar-refractivity contribution >= 4 is 16.7 Å². The number of carbonyl (C=O) groups excluding carboxylic acids is 1. The molecule has 0 bridgehead atoms. The Morgan fingerprint density at radius 1 is 1.35 bits per heavy atom. The van der Waals surface area contributed by atoms with Crippen LogP contribution in [-0.4, -0.2) is 34.8 Å². The molecule has 3 nitrogen and oxygen atoms in total. The number of likely N-dealkylation sites (tertiary alicyclic amines) is 1. The summed E-state index contributed by atoms with van der Waals surface area (Å²) in [6, 6.07) is 8.60. The Balaban J connectivity index is 1.78. The van der Waals surface area contributed by atoms with Crippen LogP contribution in [0.5, 0.6) is 0 Å². The maximum absolute atomic E-state index is 12.6. The molecular weight excluding hydrogens is 248 g/mol. The SMILES string of the molecule is CC[C@@H]1CCCCN1CC(=O)c1c[nH]c2ccccc12. The second kappa shape index (κ2) is 5.80. The number of aromatic amines is 1. The third-order valence-electron chi connectivity index (χ3n) is 4.46. The molecule has 1 atom stereocenters. The van der Waals surface area contributed by atoms with Crippen LogP contribution in [0.1, 0.15) is 43.0 Å². The van der Waals surface area contributed by atoms with Crippen molar-refractivity contribution in [3.05, 3.63) is 36.0 Å². The Labute approximate surface area is 120 Å². The zero-order chi connectivity index (χ0) is 13.9. The van der Waals surface area contributed by atoms with E-state index in [1.165, 1.54) is 19.3 Å². The van der Waals surface area contributed by atoms with Gasteiger partial charge in [-0.1, -0.05) is 31.5 Å². The van der Waals surface area contributed by atoms with E-state index in [2.05, 4.69) is 16.8 Å². The van der Waals surface area contributed by atoms with Crippen molar-refractivity contribution in [3.63, 3.8) is 0 Å². The fourth-order valence-corrected chi connectivity index (χ4v) is 3.30. The van der Waals surface area contributed by atoms with Crippen molar-refractivity contribution in [2.24, 2.45) is 0 Å². The average Bonchev–Trinajstić information content (AvgIpc) is 2.92. The van der Waals surface area contributed by atoms with Gasteiger partial charge in [-0.2, -0.15) is 0 Å². The van der Waals surface area contributed by atoms with Crippen LogP contribution in [0.15, 0.2) is 30.5 Å². The number of aromatic nitrogens is 1. The van der Waals surface area contributed by atoms with Gasteiger partial charge >= 0.3 is 0 Å². The number of piperidine rings is 1. The second-order valence-corrected chi connectivity index (χ2v) is 5.70. The Kier molecular flexibility index (Phi) is 3.88. The van der Waals surface area contributed by atoms with Crippen LogP contribution in [-0.2, 0) is 0 Å². The van der Waals surface area contributed by atoms with E-state index in [0.717, 1.165) is 29.4 Å². The molecule has 1 aliphatic rings. The first-order valence-electron chi connectivity index (χ1n) is 7.63. The molecular formula is C17H22N2O. The van der Waals surface area contributed by atoms with E-state index in [1.54, 1.807) is 0 Å². The lowest BCUT2D eigenvalue weighted by atomic mass is 9.99. The van der Waals surface area contributed by atoms with Gasteiger partial charge in [0, 0.05) is 28.7 Å². The highest BCUT2D eigenvalue weighted by atomic mass is 16.1. The summed E-state index contributed by atoms with van der Waals surface area (Å²) in [5.41, 5.74) is 1.88. The van der Waals surface area contributed by atoms with Crippen LogP contribution in [0.4, 0.5) is 0 Å². The molecule has 0 unspecified atom stereocenters. The molecule has 0 aliphatic carbocycles. The average molecular weight is 270 g/mol. The van der Waals surface area contributed by atoms with Crippen molar-refractivity contribution in [3.8, 4) is 0 Å². The van der Waals surface area contributed by atoms with Crippen LogP contribution in [0.25, 0.3) is 10.9 Å². The Hall–Kier alpha value is -1.61. The van der Waals surface area contributed by atoms with Gasteiger partial charge in [0.25, 0.3) is 0 Å². The van der Waals surface area contributed by atoms with Gasteiger partial charge in [0.05, 0.1) is 6.54 Å². The fourth-order valence-electron chi connectivity index (χ4n) is 3.30. The molecule has 2 heterocycles. The number of benzene rings is 1. The number of ketones is 1. The smallest absolute Gasteiger partial charge is 0.178 e. The summed E-state index contributed by atoms with van der Waals surface area (Å²) in [5, 5.41) is 1.04. The highest BCUT2D eigenvalue weighted by molar-refractivity contribution is 6.08. The van der Waals surface area contributed by atoms with E-state index in [9.17, 15) is 4.79 Å². The van der Waals surface area contributed by atoms with E-state index in [1.807, 2.05) is 30.5 Å². The summed E-state index contributed by atoms with van der Waals surface area (Å²) in [4.78, 5) is 18.1. The van der Waals surface area contributed by atoms with Crippen molar-refractivity contribution in [2.45, 2.75) is 38.6 Å². The second-order valence-electron chi connectivity index (χ2n) is 5.70. The van der Waals surface area contributed by atoms with Crippen molar-refractivity contribution in [2.75, 3.05) is 13.1 Å². The lowest BCUT2D eigenvalue weighted by molar-refractivity contribution is 0.0840.